The highest BCUT2D eigenvalue weighted by Crippen LogP contribution is 2.37. The fourth-order valence-electron chi connectivity index (χ4n) is 5.84. The van der Waals surface area contributed by atoms with Crippen LogP contribution in [0.5, 0.6) is 0 Å². The number of ether oxygens (including phenoxy) is 1. The summed E-state index contributed by atoms with van der Waals surface area (Å²) in [5.74, 6) is 0.423. The number of carbonyl (C=O) groups excluding carboxylic acids is 2. The maximum atomic E-state index is 13.5. The number of quaternary nitrogens is 1. The number of nitrogens with one attached hydrogen (secondary N) is 1. The van der Waals surface area contributed by atoms with Crippen molar-refractivity contribution in [3.8, 4) is 0 Å². The van der Waals surface area contributed by atoms with Gasteiger partial charge in [-0.05, 0) is 30.3 Å². The lowest BCUT2D eigenvalue weighted by molar-refractivity contribution is -0.939. The maximum Gasteiger partial charge on any atom is 0.333 e. The number of hydrogen-bond acceptors (Lipinski definition) is 5. The Morgan fingerprint density at radius 1 is 1.06 bits per heavy atom. The Bertz CT molecular complexity index is 1030. The van der Waals surface area contributed by atoms with Crippen molar-refractivity contribution in [1.29, 1.82) is 0 Å². The first-order valence-corrected chi connectivity index (χ1v) is 12.4. The Hall–Kier alpha value is -3.12. The lowest BCUT2D eigenvalue weighted by atomic mass is 9.82. The van der Waals surface area contributed by atoms with Gasteiger partial charge in [-0.15, -0.1) is 0 Å². The largest absolute Gasteiger partial charge is 0.454 e. The minimum atomic E-state index is -0.577. The van der Waals surface area contributed by atoms with Crippen LogP contribution < -0.4 is 5.32 Å². The average molecular weight is 461 g/mol. The molecule has 6 heteroatoms. The van der Waals surface area contributed by atoms with E-state index in [2.05, 4.69) is 11.4 Å². The molecule has 2 aromatic rings. The second-order valence-electron chi connectivity index (χ2n) is 10.1. The zero-order valence-electron chi connectivity index (χ0n) is 19.8. The Labute approximate surface area is 201 Å². The van der Waals surface area contributed by atoms with Gasteiger partial charge in [0.1, 0.15) is 13.1 Å². The van der Waals surface area contributed by atoms with Crippen molar-refractivity contribution in [2.24, 2.45) is 5.92 Å². The Balaban J connectivity index is 1.29. The van der Waals surface area contributed by atoms with Crippen LogP contribution in [0.3, 0.4) is 0 Å². The van der Waals surface area contributed by atoms with Crippen LogP contribution in [-0.2, 0) is 14.3 Å². The van der Waals surface area contributed by atoms with Gasteiger partial charge in [0.05, 0.1) is 19.1 Å². The van der Waals surface area contributed by atoms with E-state index in [-0.39, 0.29) is 18.1 Å². The van der Waals surface area contributed by atoms with Gasteiger partial charge in [-0.1, -0.05) is 54.6 Å². The molecule has 2 aromatic carbocycles. The summed E-state index contributed by atoms with van der Waals surface area (Å²) in [5, 5.41) is 3.37. The van der Waals surface area contributed by atoms with Gasteiger partial charge in [0.25, 0.3) is 0 Å². The number of hydrogen-bond donors (Lipinski definition) is 1. The van der Waals surface area contributed by atoms with E-state index in [4.69, 9.17) is 4.74 Å². The van der Waals surface area contributed by atoms with Gasteiger partial charge >= 0.3 is 5.97 Å². The minimum Gasteiger partial charge on any atom is -0.454 e. The first-order valence-electron chi connectivity index (χ1n) is 12.4. The molecular formula is C28H34N3O3+. The van der Waals surface area contributed by atoms with Crippen LogP contribution in [0.1, 0.15) is 30.9 Å². The Kier molecular flexibility index (Phi) is 6.42. The van der Waals surface area contributed by atoms with Crippen LogP contribution in [0.2, 0.25) is 0 Å². The molecule has 1 N–H and O–H groups in total. The van der Waals surface area contributed by atoms with Crippen molar-refractivity contribution in [3.63, 3.8) is 0 Å². The molecule has 0 aromatic heterocycles. The number of ketones is 1. The second-order valence-corrected chi connectivity index (χ2v) is 10.1. The summed E-state index contributed by atoms with van der Waals surface area (Å²) in [6.45, 7) is 3.26. The number of carbonyl (C=O) groups is 2. The van der Waals surface area contributed by atoms with E-state index in [1.54, 1.807) is 0 Å². The van der Waals surface area contributed by atoms with Crippen molar-refractivity contribution in [3.05, 3.63) is 78.5 Å². The molecule has 6 rings (SSSR count). The highest BCUT2D eigenvalue weighted by molar-refractivity contribution is 5.86. The number of benzene rings is 2. The molecule has 4 aliphatic rings. The van der Waals surface area contributed by atoms with Crippen molar-refractivity contribution in [2.45, 2.75) is 37.5 Å². The fraction of sp³-hybridized carbons (Fsp3) is 0.429. The average Bonchev–Trinajstić information content (AvgIpc) is 3.30. The molecule has 178 valence electrons. The SMILES string of the molecule is CN1C=CCC1C(=O)C[N+]12CCC(CC1)[C@@H](OC(=O)[C@H](Nc1ccccc1)c1ccccc1)C2. The smallest absolute Gasteiger partial charge is 0.333 e. The number of Topliss-reactive ketones (excluding diaryl/α,β-unsaturated/α-hetero) is 1. The number of nitrogens with zero attached hydrogens (tertiary/aromatic N) is 2. The minimum absolute atomic E-state index is 0.0503. The molecule has 0 radical (unpaired) electrons. The monoisotopic (exact) mass is 460 g/mol. The summed E-state index contributed by atoms with van der Waals surface area (Å²) in [7, 11) is 1.97. The highest BCUT2D eigenvalue weighted by Gasteiger charge is 2.49. The number of rotatable bonds is 8. The van der Waals surface area contributed by atoms with Gasteiger partial charge in [-0.25, -0.2) is 4.79 Å². The Morgan fingerprint density at radius 2 is 1.74 bits per heavy atom. The number of piperidine rings is 3. The third kappa shape index (κ3) is 4.73. The molecule has 4 aliphatic heterocycles. The topological polar surface area (TPSA) is 58.6 Å². The molecule has 0 spiro atoms. The molecular weight excluding hydrogens is 426 g/mol. The van der Waals surface area contributed by atoms with Gasteiger partial charge in [0.2, 0.25) is 5.78 Å². The number of esters is 1. The molecule has 4 heterocycles. The standard InChI is InChI=1S/C28H34N3O3/c1-30-16-8-13-24(30)25(32)19-31-17-14-21(15-18-31)26(20-31)34-28(33)27(22-9-4-2-5-10-22)29-23-11-6-3-7-12-23/h2-12,16,21,24,26-27,29H,13-15,17-20H2,1H3/q+1/t21?,24?,26-,27+,31?/m0/s1. The lowest BCUT2D eigenvalue weighted by Gasteiger charge is -2.52. The normalized spacial score (nSPS) is 28.5. The van der Waals surface area contributed by atoms with Gasteiger partial charge < -0.3 is 19.4 Å². The lowest BCUT2D eigenvalue weighted by Crippen LogP contribution is -2.66. The van der Waals surface area contributed by atoms with E-state index in [0.717, 1.165) is 54.6 Å². The summed E-state index contributed by atoms with van der Waals surface area (Å²) in [6.07, 6.45) is 6.72. The van der Waals surface area contributed by atoms with E-state index in [1.165, 1.54) is 0 Å². The zero-order valence-corrected chi connectivity index (χ0v) is 19.8. The predicted octanol–water partition coefficient (Wildman–Crippen LogP) is 3.78. The van der Waals surface area contributed by atoms with Crippen LogP contribution in [0.4, 0.5) is 5.69 Å². The maximum absolute atomic E-state index is 13.5. The molecule has 3 atom stereocenters. The van der Waals surface area contributed by atoms with E-state index < -0.39 is 6.04 Å². The third-order valence-electron chi connectivity index (χ3n) is 7.82. The fourth-order valence-corrected chi connectivity index (χ4v) is 5.84. The molecule has 1 unspecified atom stereocenters. The summed E-state index contributed by atoms with van der Waals surface area (Å²) in [6, 6.07) is 18.9. The molecule has 3 fully saturated rings. The molecule has 6 nitrogen and oxygen atoms in total. The number of para-hydroxylation sites is 1. The molecule has 34 heavy (non-hydrogen) atoms. The highest BCUT2D eigenvalue weighted by atomic mass is 16.5. The Morgan fingerprint density at radius 3 is 2.38 bits per heavy atom. The predicted molar refractivity (Wildman–Crippen MR) is 132 cm³/mol. The molecule has 2 bridgehead atoms. The third-order valence-corrected chi connectivity index (χ3v) is 7.82. The van der Waals surface area contributed by atoms with Crippen LogP contribution in [0, 0.1) is 5.92 Å². The van der Waals surface area contributed by atoms with Crippen molar-refractivity contribution >= 4 is 17.4 Å². The first kappa shape index (κ1) is 22.7. The number of anilines is 1. The number of likely N-dealkylation sites (N-methyl/N-ethyl adjacent to an activating group) is 1. The van der Waals surface area contributed by atoms with E-state index in [9.17, 15) is 9.59 Å². The van der Waals surface area contributed by atoms with Crippen LogP contribution in [0.25, 0.3) is 0 Å². The molecule has 3 saturated heterocycles. The van der Waals surface area contributed by atoms with Gasteiger partial charge in [0, 0.05) is 31.5 Å². The van der Waals surface area contributed by atoms with E-state index in [1.807, 2.05) is 78.8 Å². The van der Waals surface area contributed by atoms with E-state index in [0.29, 0.717) is 18.2 Å². The number of fused-ring (bicyclic) bond motifs is 3. The van der Waals surface area contributed by atoms with Crippen molar-refractivity contribution < 1.29 is 18.8 Å². The molecule has 0 saturated carbocycles. The first-order chi connectivity index (χ1) is 16.5. The van der Waals surface area contributed by atoms with Crippen molar-refractivity contribution in [1.82, 2.24) is 4.90 Å². The van der Waals surface area contributed by atoms with Crippen LogP contribution in [-0.4, -0.2) is 66.5 Å². The second kappa shape index (κ2) is 9.63. The summed E-state index contributed by atoms with van der Waals surface area (Å²) in [4.78, 5) is 28.6. The summed E-state index contributed by atoms with van der Waals surface area (Å²) >= 11 is 0. The summed E-state index contributed by atoms with van der Waals surface area (Å²) < 4.78 is 6.97. The molecule has 0 amide bonds. The van der Waals surface area contributed by atoms with Gasteiger partial charge in [-0.2, -0.15) is 0 Å². The van der Waals surface area contributed by atoms with Gasteiger partial charge in [-0.3, -0.25) is 4.79 Å². The van der Waals surface area contributed by atoms with E-state index >= 15 is 0 Å². The van der Waals surface area contributed by atoms with Crippen LogP contribution in [0.15, 0.2) is 72.9 Å². The summed E-state index contributed by atoms with van der Waals surface area (Å²) in [5.41, 5.74) is 1.76. The molecule has 0 aliphatic carbocycles. The van der Waals surface area contributed by atoms with Crippen LogP contribution >= 0.6 is 0 Å². The van der Waals surface area contributed by atoms with Gasteiger partial charge in [0.15, 0.2) is 12.1 Å². The quantitative estimate of drug-likeness (QED) is 0.480. The van der Waals surface area contributed by atoms with Crippen molar-refractivity contribution in [2.75, 3.05) is 38.5 Å². The zero-order chi connectivity index (χ0) is 23.5.